The maximum absolute atomic E-state index is 11.1. The van der Waals surface area contributed by atoms with Gasteiger partial charge in [0.25, 0.3) is 0 Å². The number of allylic oxidation sites excluding steroid dienone is 1. The predicted molar refractivity (Wildman–Crippen MR) is 58.3 cm³/mol. The van der Waals surface area contributed by atoms with Crippen LogP contribution in [-0.4, -0.2) is 31.5 Å². The molecule has 3 heteroatoms. The molecule has 0 aromatic rings. The zero-order valence-corrected chi connectivity index (χ0v) is 12.3. The third-order valence-electron chi connectivity index (χ3n) is 1.96. The Morgan fingerprint density at radius 2 is 1.77 bits per heavy atom. The van der Waals surface area contributed by atoms with Gasteiger partial charge in [0.1, 0.15) is 0 Å². The summed E-state index contributed by atoms with van der Waals surface area (Å²) in [6.45, 7) is 4.27. The van der Waals surface area contributed by atoms with Gasteiger partial charge in [-0.15, -0.1) is 0 Å². The molecule has 0 aromatic carbocycles. The van der Waals surface area contributed by atoms with Crippen molar-refractivity contribution in [3.63, 3.8) is 0 Å². The number of methoxy groups -OCH3 is 1. The molecule has 0 aliphatic rings. The van der Waals surface area contributed by atoms with Gasteiger partial charge in [-0.25, -0.2) is 0 Å². The summed E-state index contributed by atoms with van der Waals surface area (Å²) < 4.78 is 5.98. The van der Waals surface area contributed by atoms with Gasteiger partial charge in [0.2, 0.25) is 0 Å². The van der Waals surface area contributed by atoms with Gasteiger partial charge in [-0.2, -0.15) is 0 Å². The van der Waals surface area contributed by atoms with Gasteiger partial charge in [0.05, 0.1) is 0 Å². The van der Waals surface area contributed by atoms with Crippen LogP contribution in [0.5, 0.6) is 0 Å². The zero-order chi connectivity index (χ0) is 10.6. The fraction of sp³-hybridized carbons (Fsp3) is 0.700. The Labute approximate surface area is 85.2 Å². The van der Waals surface area contributed by atoms with Gasteiger partial charge in [0, 0.05) is 0 Å². The van der Waals surface area contributed by atoms with Crippen molar-refractivity contribution in [3.8, 4) is 0 Å². The molecule has 0 spiro atoms. The number of hydrogen-bond acceptors (Lipinski definition) is 2. The molecular formula is C10H20O2Sn. The third kappa shape index (κ3) is 4.69. The van der Waals surface area contributed by atoms with Crippen molar-refractivity contribution in [2.75, 3.05) is 7.11 Å². The number of rotatable bonds is 3. The van der Waals surface area contributed by atoms with Crippen molar-refractivity contribution in [1.82, 2.24) is 0 Å². The van der Waals surface area contributed by atoms with Crippen LogP contribution in [0.1, 0.15) is 13.8 Å². The topological polar surface area (TPSA) is 26.3 Å². The summed E-state index contributed by atoms with van der Waals surface area (Å²) in [6, 6.07) is 0. The molecule has 0 rings (SSSR count). The molecule has 0 heterocycles. The van der Waals surface area contributed by atoms with Crippen LogP contribution < -0.4 is 0 Å². The van der Waals surface area contributed by atoms with Crippen LogP contribution in [0.15, 0.2) is 9.67 Å². The molecular weight excluding hydrogens is 271 g/mol. The number of ether oxygens (including phenoxy) is 1. The first-order valence-corrected chi connectivity index (χ1v) is 14.6. The average Bonchev–Trinajstić information content (AvgIpc) is 1.96. The normalized spacial score (nSPS) is 13.3. The molecule has 0 aromatic heterocycles. The molecule has 0 radical (unpaired) electrons. The van der Waals surface area contributed by atoms with Crippen LogP contribution in [0, 0.1) is 5.92 Å². The Kier molecular flexibility index (Phi) is 5.03. The molecule has 0 fully saturated rings. The third-order valence-corrected chi connectivity index (χ3v) is 8.97. The zero-order valence-electron chi connectivity index (χ0n) is 9.47. The van der Waals surface area contributed by atoms with E-state index in [1.807, 2.05) is 0 Å². The quantitative estimate of drug-likeness (QED) is 0.454. The Morgan fingerprint density at radius 1 is 1.31 bits per heavy atom. The van der Waals surface area contributed by atoms with Crippen LogP contribution >= 0.6 is 0 Å². The Balaban J connectivity index is 4.82. The molecule has 0 N–H and O–H groups in total. The summed E-state index contributed by atoms with van der Waals surface area (Å²) in [6.07, 6.45) is 1.70. The second-order valence-corrected chi connectivity index (χ2v) is 19.0. The Bertz CT molecular complexity index is 211. The van der Waals surface area contributed by atoms with Gasteiger partial charge in [-0.3, -0.25) is 0 Å². The average molecular weight is 291 g/mol. The van der Waals surface area contributed by atoms with Gasteiger partial charge in [-0.1, -0.05) is 0 Å². The predicted octanol–water partition coefficient (Wildman–Crippen LogP) is 2.62. The van der Waals surface area contributed by atoms with Crippen molar-refractivity contribution in [2.45, 2.75) is 28.7 Å². The van der Waals surface area contributed by atoms with E-state index in [0.29, 0.717) is 5.92 Å². The SMILES string of the molecule is COC(=O)C=[C](C(C)C)[Sn]([CH3])([CH3])[CH3]. The standard InChI is InChI=1S/C7H11O2.3CH3.Sn/c1-6(2)4-5-7(8)9-3;;;;/h5-6H,1-3H3;3*1H3;. The molecule has 0 saturated heterocycles. The summed E-state index contributed by atoms with van der Waals surface area (Å²) in [4.78, 5) is 18.0. The summed E-state index contributed by atoms with van der Waals surface area (Å²) in [5, 5.41) is 0. The molecule has 0 aliphatic heterocycles. The summed E-state index contributed by atoms with van der Waals surface area (Å²) in [7, 11) is 1.43. The van der Waals surface area contributed by atoms with E-state index in [9.17, 15) is 4.79 Å². The fourth-order valence-corrected chi connectivity index (χ4v) is 7.95. The second-order valence-electron chi connectivity index (χ2n) is 4.53. The Hall–Kier alpha value is 0.00870. The molecule has 13 heavy (non-hydrogen) atoms. The van der Waals surface area contributed by atoms with Gasteiger partial charge in [-0.05, 0) is 0 Å². The molecule has 0 bridgehead atoms. The summed E-state index contributed by atoms with van der Waals surface area (Å²) in [5.74, 6) is 0.255. The van der Waals surface area contributed by atoms with E-state index in [1.165, 1.54) is 10.7 Å². The van der Waals surface area contributed by atoms with Crippen molar-refractivity contribution >= 4 is 24.3 Å². The van der Waals surface area contributed by atoms with E-state index >= 15 is 0 Å². The monoisotopic (exact) mass is 292 g/mol. The fourth-order valence-electron chi connectivity index (χ4n) is 1.44. The van der Waals surface area contributed by atoms with Crippen LogP contribution in [0.4, 0.5) is 0 Å². The molecule has 0 saturated carbocycles. The van der Waals surface area contributed by atoms with Crippen molar-refractivity contribution in [1.29, 1.82) is 0 Å². The second kappa shape index (κ2) is 5.03. The molecule has 0 amide bonds. The van der Waals surface area contributed by atoms with E-state index < -0.39 is 18.4 Å². The van der Waals surface area contributed by atoms with E-state index in [4.69, 9.17) is 0 Å². The summed E-state index contributed by atoms with van der Waals surface area (Å²) in [5.41, 5.74) is 0. The van der Waals surface area contributed by atoms with Crippen molar-refractivity contribution in [2.24, 2.45) is 5.92 Å². The van der Waals surface area contributed by atoms with Gasteiger partial charge >= 0.3 is 85.2 Å². The summed E-state index contributed by atoms with van der Waals surface area (Å²) >= 11 is -2.08. The molecule has 0 atom stereocenters. The van der Waals surface area contributed by atoms with E-state index in [0.717, 1.165) is 0 Å². The van der Waals surface area contributed by atoms with Gasteiger partial charge in [0.15, 0.2) is 0 Å². The van der Waals surface area contributed by atoms with Gasteiger partial charge < -0.3 is 0 Å². The molecule has 0 unspecified atom stereocenters. The van der Waals surface area contributed by atoms with E-state index in [-0.39, 0.29) is 5.97 Å². The first-order chi connectivity index (χ1) is 5.79. The van der Waals surface area contributed by atoms with Crippen LogP contribution in [0.25, 0.3) is 0 Å². The van der Waals surface area contributed by atoms with Crippen molar-refractivity contribution in [3.05, 3.63) is 9.67 Å². The number of carbonyl (C=O) groups is 1. The minimum atomic E-state index is -2.08. The first-order valence-electron chi connectivity index (χ1n) is 4.59. The van der Waals surface area contributed by atoms with E-state index in [1.54, 1.807) is 6.08 Å². The molecule has 2 nitrogen and oxygen atoms in total. The van der Waals surface area contributed by atoms with E-state index in [2.05, 4.69) is 33.4 Å². The Morgan fingerprint density at radius 3 is 2.00 bits per heavy atom. The molecule has 0 aliphatic carbocycles. The number of hydrogen-bond donors (Lipinski definition) is 0. The number of esters is 1. The van der Waals surface area contributed by atoms with Crippen LogP contribution in [0.2, 0.25) is 14.8 Å². The molecule has 76 valence electrons. The number of carbonyl (C=O) groups excluding carboxylic acids is 1. The maximum atomic E-state index is 11.1. The van der Waals surface area contributed by atoms with Crippen LogP contribution in [0.3, 0.4) is 0 Å². The first kappa shape index (κ1) is 13.0. The van der Waals surface area contributed by atoms with Crippen molar-refractivity contribution < 1.29 is 9.53 Å². The minimum absolute atomic E-state index is 0.213. The van der Waals surface area contributed by atoms with Crippen LogP contribution in [-0.2, 0) is 9.53 Å².